The molecule has 0 aromatic rings. The largest absolute Gasteiger partial charge is 0.481 e. The number of hydrogen-bond donors (Lipinski definition) is 2. The first kappa shape index (κ1) is 15.0. The number of carbonyl (C=O) groups is 2. The number of amides is 1. The molecule has 4 heteroatoms. The van der Waals surface area contributed by atoms with Crippen molar-refractivity contribution in [1.82, 2.24) is 5.32 Å². The SMILES string of the molecule is CC(C)NC(=O)C1(C)CCC(C)(C(=O)O)C1(C)C. The van der Waals surface area contributed by atoms with E-state index in [4.69, 9.17) is 0 Å². The third kappa shape index (κ3) is 1.82. The fraction of sp³-hybridized carbons (Fsp3) is 0.857. The fourth-order valence-electron chi connectivity index (χ4n) is 2.93. The van der Waals surface area contributed by atoms with Crippen molar-refractivity contribution < 1.29 is 14.7 Å². The number of carbonyl (C=O) groups excluding carboxylic acids is 1. The van der Waals surface area contributed by atoms with E-state index in [1.165, 1.54) is 0 Å². The lowest BCUT2D eigenvalue weighted by atomic mass is 9.59. The van der Waals surface area contributed by atoms with E-state index in [2.05, 4.69) is 5.32 Å². The van der Waals surface area contributed by atoms with Crippen molar-refractivity contribution in [2.75, 3.05) is 0 Å². The highest BCUT2D eigenvalue weighted by atomic mass is 16.4. The van der Waals surface area contributed by atoms with Crippen LogP contribution in [0.1, 0.15) is 54.4 Å². The maximum absolute atomic E-state index is 12.4. The highest BCUT2D eigenvalue weighted by molar-refractivity contribution is 5.87. The van der Waals surface area contributed by atoms with Crippen molar-refractivity contribution in [3.8, 4) is 0 Å². The molecule has 1 aliphatic rings. The molecule has 0 saturated heterocycles. The monoisotopic (exact) mass is 255 g/mol. The predicted molar refractivity (Wildman–Crippen MR) is 70.1 cm³/mol. The normalized spacial score (nSPS) is 34.6. The Morgan fingerprint density at radius 2 is 1.50 bits per heavy atom. The van der Waals surface area contributed by atoms with Gasteiger partial charge in [-0.2, -0.15) is 0 Å². The lowest BCUT2D eigenvalue weighted by Crippen LogP contribution is -2.52. The summed E-state index contributed by atoms with van der Waals surface area (Å²) in [4.78, 5) is 23.9. The van der Waals surface area contributed by atoms with Gasteiger partial charge in [0.05, 0.1) is 10.8 Å². The van der Waals surface area contributed by atoms with Crippen molar-refractivity contribution in [3.63, 3.8) is 0 Å². The van der Waals surface area contributed by atoms with Gasteiger partial charge in [-0.3, -0.25) is 9.59 Å². The molecule has 104 valence electrons. The highest BCUT2D eigenvalue weighted by Crippen LogP contribution is 2.62. The Morgan fingerprint density at radius 1 is 1.06 bits per heavy atom. The van der Waals surface area contributed by atoms with E-state index >= 15 is 0 Å². The van der Waals surface area contributed by atoms with E-state index in [0.29, 0.717) is 12.8 Å². The molecule has 0 aromatic carbocycles. The molecule has 1 fully saturated rings. The Balaban J connectivity index is 3.13. The molecule has 0 radical (unpaired) electrons. The van der Waals surface area contributed by atoms with Gasteiger partial charge in [0.2, 0.25) is 5.91 Å². The van der Waals surface area contributed by atoms with Crippen LogP contribution in [-0.4, -0.2) is 23.0 Å². The van der Waals surface area contributed by atoms with Crippen LogP contribution in [0.25, 0.3) is 0 Å². The summed E-state index contributed by atoms with van der Waals surface area (Å²) in [6.45, 7) is 11.3. The van der Waals surface area contributed by atoms with Gasteiger partial charge in [0.15, 0.2) is 0 Å². The minimum atomic E-state index is -0.851. The molecule has 2 atom stereocenters. The molecule has 2 N–H and O–H groups in total. The summed E-state index contributed by atoms with van der Waals surface area (Å²) in [7, 11) is 0. The van der Waals surface area contributed by atoms with Crippen LogP contribution in [0.3, 0.4) is 0 Å². The minimum absolute atomic E-state index is 0.0347. The molecule has 2 unspecified atom stereocenters. The molecule has 1 rings (SSSR count). The quantitative estimate of drug-likeness (QED) is 0.814. The average Bonchev–Trinajstić information content (AvgIpc) is 2.40. The van der Waals surface area contributed by atoms with Gasteiger partial charge >= 0.3 is 5.97 Å². The number of carboxylic acids is 1. The van der Waals surface area contributed by atoms with Crippen LogP contribution in [0.2, 0.25) is 0 Å². The van der Waals surface area contributed by atoms with Crippen LogP contribution >= 0.6 is 0 Å². The predicted octanol–water partition coefficient (Wildman–Crippen LogP) is 2.43. The van der Waals surface area contributed by atoms with Crippen LogP contribution in [0, 0.1) is 16.2 Å². The Bertz CT molecular complexity index is 375. The lowest BCUT2D eigenvalue weighted by molar-refractivity contribution is -0.158. The van der Waals surface area contributed by atoms with E-state index < -0.39 is 22.2 Å². The van der Waals surface area contributed by atoms with Crippen molar-refractivity contribution in [2.45, 2.75) is 60.4 Å². The second kappa shape index (κ2) is 4.25. The summed E-state index contributed by atoms with van der Waals surface area (Å²) in [5.41, 5.74) is -2.06. The fourth-order valence-corrected chi connectivity index (χ4v) is 2.93. The molecule has 18 heavy (non-hydrogen) atoms. The maximum atomic E-state index is 12.4. The van der Waals surface area contributed by atoms with Gasteiger partial charge in [0.1, 0.15) is 0 Å². The molecule has 0 aliphatic heterocycles. The first-order chi connectivity index (χ1) is 7.99. The Labute approximate surface area is 109 Å². The third-order valence-electron chi connectivity index (χ3n) is 5.28. The van der Waals surface area contributed by atoms with Crippen molar-refractivity contribution in [3.05, 3.63) is 0 Å². The van der Waals surface area contributed by atoms with E-state index in [9.17, 15) is 14.7 Å². The highest BCUT2D eigenvalue weighted by Gasteiger charge is 2.64. The van der Waals surface area contributed by atoms with Gasteiger partial charge in [-0.1, -0.05) is 20.8 Å². The van der Waals surface area contributed by atoms with Crippen molar-refractivity contribution >= 4 is 11.9 Å². The molecule has 1 amide bonds. The zero-order chi connectivity index (χ0) is 14.4. The van der Waals surface area contributed by atoms with Gasteiger partial charge < -0.3 is 10.4 Å². The number of aliphatic carboxylic acids is 1. The van der Waals surface area contributed by atoms with Crippen molar-refractivity contribution in [2.24, 2.45) is 16.2 Å². The molecular weight excluding hydrogens is 230 g/mol. The second-order valence-electron chi connectivity index (χ2n) is 6.72. The standard InChI is InChI=1S/C14H25NO3/c1-9(2)15-10(16)13(5)7-8-14(6,11(17)18)12(13,3)4/h9H,7-8H2,1-6H3,(H,15,16)(H,17,18). The topological polar surface area (TPSA) is 66.4 Å². The van der Waals surface area contributed by atoms with E-state index in [0.717, 1.165) is 0 Å². The van der Waals surface area contributed by atoms with Crippen LogP contribution in [-0.2, 0) is 9.59 Å². The van der Waals surface area contributed by atoms with E-state index in [1.807, 2.05) is 34.6 Å². The van der Waals surface area contributed by atoms with Gasteiger partial charge in [-0.25, -0.2) is 0 Å². The molecular formula is C14H25NO3. The number of nitrogens with one attached hydrogen (secondary N) is 1. The zero-order valence-electron chi connectivity index (χ0n) is 12.3. The van der Waals surface area contributed by atoms with Gasteiger partial charge in [0, 0.05) is 6.04 Å². The average molecular weight is 255 g/mol. The Morgan fingerprint density at radius 3 is 1.83 bits per heavy atom. The summed E-state index contributed by atoms with van der Waals surface area (Å²) in [6, 6.07) is 0.0711. The molecule has 0 heterocycles. The van der Waals surface area contributed by atoms with Gasteiger partial charge in [-0.15, -0.1) is 0 Å². The Kier molecular flexibility index (Phi) is 3.54. The third-order valence-corrected chi connectivity index (χ3v) is 5.28. The van der Waals surface area contributed by atoms with E-state index in [-0.39, 0.29) is 11.9 Å². The first-order valence-corrected chi connectivity index (χ1v) is 6.53. The second-order valence-corrected chi connectivity index (χ2v) is 6.72. The van der Waals surface area contributed by atoms with Gasteiger partial charge in [0.25, 0.3) is 0 Å². The van der Waals surface area contributed by atoms with Crippen LogP contribution in [0.5, 0.6) is 0 Å². The number of hydrogen-bond acceptors (Lipinski definition) is 2. The van der Waals surface area contributed by atoms with Crippen molar-refractivity contribution in [1.29, 1.82) is 0 Å². The number of rotatable bonds is 3. The minimum Gasteiger partial charge on any atom is -0.481 e. The molecule has 1 aliphatic carbocycles. The number of carboxylic acid groups (broad SMARTS) is 1. The summed E-state index contributed by atoms with van der Waals surface area (Å²) in [5.74, 6) is -0.846. The smallest absolute Gasteiger partial charge is 0.309 e. The summed E-state index contributed by atoms with van der Waals surface area (Å²) < 4.78 is 0. The summed E-state index contributed by atoms with van der Waals surface area (Å²) >= 11 is 0. The molecule has 0 aromatic heterocycles. The van der Waals surface area contributed by atoms with Crippen LogP contribution in [0.15, 0.2) is 0 Å². The van der Waals surface area contributed by atoms with Gasteiger partial charge in [-0.05, 0) is 39.0 Å². The molecule has 4 nitrogen and oxygen atoms in total. The zero-order valence-corrected chi connectivity index (χ0v) is 12.3. The summed E-state index contributed by atoms with van der Waals surface area (Å²) in [6.07, 6.45) is 1.15. The molecule has 0 spiro atoms. The Hall–Kier alpha value is -1.06. The molecule has 1 saturated carbocycles. The van der Waals surface area contributed by atoms with E-state index in [1.54, 1.807) is 6.92 Å². The lowest BCUT2D eigenvalue weighted by Gasteiger charge is -2.44. The summed E-state index contributed by atoms with van der Waals surface area (Å²) in [5, 5.41) is 12.4. The molecule has 0 bridgehead atoms. The van der Waals surface area contributed by atoms with Crippen LogP contribution in [0.4, 0.5) is 0 Å². The first-order valence-electron chi connectivity index (χ1n) is 6.53. The van der Waals surface area contributed by atoms with Crippen LogP contribution < -0.4 is 5.32 Å². The maximum Gasteiger partial charge on any atom is 0.309 e.